The quantitative estimate of drug-likeness (QED) is 0.166. The van der Waals surface area contributed by atoms with Gasteiger partial charge in [-0.25, -0.2) is 0 Å². The predicted octanol–water partition coefficient (Wildman–Crippen LogP) is 9.55. The third kappa shape index (κ3) is 5.89. The van der Waals surface area contributed by atoms with Gasteiger partial charge in [-0.15, -0.1) is 0 Å². The molecule has 8 rings (SSSR count). The van der Waals surface area contributed by atoms with E-state index >= 15 is 0 Å². The van der Waals surface area contributed by atoms with Gasteiger partial charge in [0.1, 0.15) is 0 Å². The second-order valence-corrected chi connectivity index (χ2v) is 12.4. The number of hydrogen-bond donors (Lipinski definition) is 0. The maximum absolute atomic E-state index is 4.98. The number of hydrogen-bond acceptors (Lipinski definition) is 3. The van der Waals surface area contributed by atoms with Gasteiger partial charge < -0.3 is 0 Å². The van der Waals surface area contributed by atoms with Crippen LogP contribution in [-0.2, 0) is 0 Å². The number of nitrogens with zero attached hydrogens (tertiary/aromatic N) is 3. The molecule has 47 heavy (non-hydrogen) atoms. The van der Waals surface area contributed by atoms with E-state index in [2.05, 4.69) is 125 Å². The van der Waals surface area contributed by atoms with Crippen LogP contribution in [-0.4, -0.2) is 31.0 Å². The van der Waals surface area contributed by atoms with Crippen LogP contribution < -0.4 is 4.46 Å². The van der Waals surface area contributed by atoms with Gasteiger partial charge in [0.25, 0.3) is 0 Å². The molecule has 0 atom stereocenters. The summed E-state index contributed by atoms with van der Waals surface area (Å²) < 4.78 is 1.06. The van der Waals surface area contributed by atoms with Gasteiger partial charge in [-0.3, -0.25) is 0 Å². The van der Waals surface area contributed by atoms with Gasteiger partial charge in [0.05, 0.1) is 0 Å². The molecule has 0 saturated carbocycles. The first-order chi connectivity index (χ1) is 23.2. The van der Waals surface area contributed by atoms with E-state index in [1.165, 1.54) is 33.0 Å². The van der Waals surface area contributed by atoms with Crippen molar-refractivity contribution in [2.75, 3.05) is 0 Å². The van der Waals surface area contributed by atoms with Crippen molar-refractivity contribution in [1.29, 1.82) is 0 Å². The van der Waals surface area contributed by atoms with Crippen LogP contribution in [0.1, 0.15) is 0 Å². The molecule has 0 aliphatic heterocycles. The van der Waals surface area contributed by atoms with Crippen LogP contribution in [0.5, 0.6) is 0 Å². The Morgan fingerprint density at radius 1 is 0.298 bits per heavy atom. The Kier molecular flexibility index (Phi) is 7.72. The van der Waals surface area contributed by atoms with Crippen LogP contribution >= 0.6 is 0 Å². The zero-order valence-electron chi connectivity index (χ0n) is 25.5. The zero-order valence-corrected chi connectivity index (χ0v) is 27.3. The van der Waals surface area contributed by atoms with Gasteiger partial charge in [-0.05, 0) is 0 Å². The molecule has 0 unspecified atom stereocenters. The van der Waals surface area contributed by atoms with Crippen molar-refractivity contribution >= 4 is 31.2 Å². The van der Waals surface area contributed by atoms with Gasteiger partial charge in [-0.1, -0.05) is 30.3 Å². The molecule has 0 N–H and O–H groups in total. The Morgan fingerprint density at radius 3 is 1.32 bits per heavy atom. The molecule has 222 valence electrons. The Labute approximate surface area is 282 Å². The molecule has 0 fully saturated rings. The molecule has 0 radical (unpaired) electrons. The molecule has 0 spiro atoms. The predicted molar refractivity (Wildman–Crippen MR) is 197 cm³/mol. The third-order valence-electron chi connectivity index (χ3n) is 8.43. The molecule has 0 aliphatic rings. The summed E-state index contributed by atoms with van der Waals surface area (Å²) in [4.78, 5) is 14.8. The first-order valence-electron chi connectivity index (χ1n) is 15.6. The van der Waals surface area contributed by atoms with Crippen LogP contribution in [0.15, 0.2) is 170 Å². The van der Waals surface area contributed by atoms with Crippen LogP contribution in [0.3, 0.4) is 0 Å². The fraction of sp³-hybridized carbons (Fsp3) is 0. The summed E-state index contributed by atoms with van der Waals surface area (Å²) in [5, 5.41) is 2.45. The van der Waals surface area contributed by atoms with Crippen molar-refractivity contribution in [3.8, 4) is 67.5 Å². The van der Waals surface area contributed by atoms with E-state index in [1.807, 2.05) is 60.7 Å². The maximum atomic E-state index is 4.98. The average molecular weight is 667 g/mol. The van der Waals surface area contributed by atoms with Crippen LogP contribution in [0.4, 0.5) is 0 Å². The van der Waals surface area contributed by atoms with Gasteiger partial charge in [0, 0.05) is 0 Å². The third-order valence-corrected chi connectivity index (χ3v) is 9.44. The van der Waals surface area contributed by atoms with E-state index in [0.29, 0.717) is 17.5 Å². The molecule has 3 nitrogen and oxygen atoms in total. The van der Waals surface area contributed by atoms with Crippen molar-refractivity contribution in [3.05, 3.63) is 170 Å². The molecule has 0 amide bonds. The number of rotatable bonds is 6. The molecule has 8 aromatic rings. The average Bonchev–Trinajstić information content (AvgIpc) is 3.15. The second-order valence-electron chi connectivity index (χ2n) is 11.5. The Bertz CT molecular complexity index is 2300. The monoisotopic (exact) mass is 667 g/mol. The van der Waals surface area contributed by atoms with Crippen LogP contribution in [0.25, 0.3) is 78.3 Å². The van der Waals surface area contributed by atoms with Crippen molar-refractivity contribution in [2.45, 2.75) is 0 Å². The Hall–Kier alpha value is -5.67. The van der Waals surface area contributed by atoms with Crippen LogP contribution in [0.2, 0.25) is 0 Å². The van der Waals surface area contributed by atoms with E-state index in [-0.39, 0.29) is 0 Å². The van der Waals surface area contributed by atoms with Gasteiger partial charge in [-0.2, -0.15) is 0 Å². The molecule has 0 bridgehead atoms. The molecule has 1 heterocycles. The van der Waals surface area contributed by atoms with Crippen molar-refractivity contribution < 1.29 is 0 Å². The SMILES string of the molecule is [SeH]c1c(-c2cccc(-c3ccc4cc(-c5ccccc5)ccc4c3)c2)cccc1-c1nc(-c2ccccc2)nc(-c2ccccc2)n1. The van der Waals surface area contributed by atoms with Crippen LogP contribution in [0, 0.1) is 0 Å². The van der Waals surface area contributed by atoms with Gasteiger partial charge in [0.2, 0.25) is 0 Å². The van der Waals surface area contributed by atoms with Gasteiger partial charge >= 0.3 is 253 Å². The molecule has 4 heteroatoms. The summed E-state index contributed by atoms with van der Waals surface area (Å²) >= 11 is 2.76. The fourth-order valence-corrected chi connectivity index (χ4v) is 6.78. The summed E-state index contributed by atoms with van der Waals surface area (Å²) in [6.07, 6.45) is 0. The summed E-state index contributed by atoms with van der Waals surface area (Å²) in [7, 11) is 0. The van der Waals surface area contributed by atoms with E-state index in [9.17, 15) is 0 Å². The van der Waals surface area contributed by atoms with E-state index in [4.69, 9.17) is 15.0 Å². The second kappa shape index (κ2) is 12.6. The zero-order chi connectivity index (χ0) is 31.6. The first kappa shape index (κ1) is 28.8. The minimum absolute atomic E-state index is 0.649. The molecule has 0 saturated heterocycles. The summed E-state index contributed by atoms with van der Waals surface area (Å²) in [5.74, 6) is 1.96. The number of aromatic nitrogens is 3. The summed E-state index contributed by atoms with van der Waals surface area (Å²) in [6.45, 7) is 0. The Morgan fingerprint density at radius 2 is 0.723 bits per heavy atom. The number of benzene rings is 7. The molecule has 0 aliphatic carbocycles. The topological polar surface area (TPSA) is 38.7 Å². The van der Waals surface area contributed by atoms with E-state index < -0.39 is 0 Å². The van der Waals surface area contributed by atoms with Crippen molar-refractivity contribution in [3.63, 3.8) is 0 Å². The minimum atomic E-state index is 0.649. The van der Waals surface area contributed by atoms with Crippen molar-refractivity contribution in [1.82, 2.24) is 15.0 Å². The molecular weight excluding hydrogens is 637 g/mol. The standard InChI is InChI=1S/C43H29N3Se/c47-40-38(20-11-21-39(40)43-45-41(30-14-6-2-7-15-30)44-42(46-43)31-16-8-3-9-17-31)37-19-10-18-32(28-37)34-24-25-35-26-33(22-23-36(35)27-34)29-12-4-1-5-13-29/h1-28,47H. The normalized spacial score (nSPS) is 11.1. The van der Waals surface area contributed by atoms with E-state index in [1.54, 1.807) is 0 Å². The molecular formula is C43H29N3Se. The van der Waals surface area contributed by atoms with Crippen molar-refractivity contribution in [2.24, 2.45) is 0 Å². The Balaban J connectivity index is 1.17. The molecule has 7 aromatic carbocycles. The van der Waals surface area contributed by atoms with E-state index in [0.717, 1.165) is 32.3 Å². The summed E-state index contributed by atoms with van der Waals surface area (Å²) in [6, 6.07) is 59.2. The fourth-order valence-electron chi connectivity index (χ4n) is 5.99. The number of fused-ring (bicyclic) bond motifs is 1. The molecule has 1 aromatic heterocycles. The first-order valence-corrected chi connectivity index (χ1v) is 16.5. The summed E-state index contributed by atoms with van der Waals surface area (Å²) in [5.41, 5.74) is 9.95. The van der Waals surface area contributed by atoms with Gasteiger partial charge in [0.15, 0.2) is 0 Å².